The summed E-state index contributed by atoms with van der Waals surface area (Å²) in [6.07, 6.45) is 0.507. The van der Waals surface area contributed by atoms with Crippen LogP contribution in [0, 0.1) is 5.41 Å². The van der Waals surface area contributed by atoms with Crippen molar-refractivity contribution in [3.63, 3.8) is 0 Å². The zero-order chi connectivity index (χ0) is 14.2. The molecule has 1 amide bonds. The van der Waals surface area contributed by atoms with Gasteiger partial charge in [0.05, 0.1) is 5.56 Å². The number of hydrogen-bond acceptors (Lipinski definition) is 2. The highest BCUT2D eigenvalue weighted by atomic mass is 16.4. The van der Waals surface area contributed by atoms with Gasteiger partial charge in [-0.3, -0.25) is 4.79 Å². The van der Waals surface area contributed by atoms with Gasteiger partial charge in [0.2, 0.25) is 5.91 Å². The molecule has 102 valence electrons. The summed E-state index contributed by atoms with van der Waals surface area (Å²) >= 11 is 0. The normalized spacial score (nSPS) is 14.4. The molecule has 0 bridgehead atoms. The van der Waals surface area contributed by atoms with Crippen molar-refractivity contribution in [2.45, 2.75) is 40.3 Å². The maximum Gasteiger partial charge on any atom is 0.335 e. The van der Waals surface area contributed by atoms with Crippen LogP contribution in [0.3, 0.4) is 0 Å². The summed E-state index contributed by atoms with van der Waals surface area (Å²) < 4.78 is 0. The molecule has 1 aromatic carbocycles. The van der Waals surface area contributed by atoms with E-state index in [0.29, 0.717) is 19.5 Å². The zero-order valence-electron chi connectivity index (χ0n) is 11.6. The molecule has 4 heteroatoms. The molecule has 1 N–H and O–H groups in total. The molecule has 0 atom stereocenters. The number of fused-ring (bicyclic) bond motifs is 1. The molecule has 19 heavy (non-hydrogen) atoms. The molecule has 1 aliphatic rings. The highest BCUT2D eigenvalue weighted by molar-refractivity contribution is 5.88. The van der Waals surface area contributed by atoms with Gasteiger partial charge in [-0.2, -0.15) is 0 Å². The van der Waals surface area contributed by atoms with Crippen LogP contribution in [0.1, 0.15) is 48.7 Å². The molecule has 1 heterocycles. The fraction of sp³-hybridized carbons (Fsp3) is 0.467. The SMILES string of the molecule is CC(C)(C)CC(=O)N1Cc2ccc(C(=O)O)cc2C1. The Balaban J connectivity index is 2.12. The average molecular weight is 261 g/mol. The molecular weight excluding hydrogens is 242 g/mol. The van der Waals surface area contributed by atoms with Crippen LogP contribution in [-0.4, -0.2) is 21.9 Å². The van der Waals surface area contributed by atoms with E-state index < -0.39 is 5.97 Å². The van der Waals surface area contributed by atoms with Gasteiger partial charge in [-0.1, -0.05) is 26.8 Å². The van der Waals surface area contributed by atoms with Crippen LogP contribution in [0.5, 0.6) is 0 Å². The summed E-state index contributed by atoms with van der Waals surface area (Å²) in [7, 11) is 0. The second-order valence-corrected chi connectivity index (χ2v) is 6.28. The van der Waals surface area contributed by atoms with Crippen LogP contribution < -0.4 is 0 Å². The van der Waals surface area contributed by atoms with Gasteiger partial charge in [-0.05, 0) is 28.7 Å². The number of benzene rings is 1. The van der Waals surface area contributed by atoms with Crippen molar-refractivity contribution >= 4 is 11.9 Å². The molecular formula is C15H19NO3. The number of carboxylic acid groups (broad SMARTS) is 1. The Labute approximate surface area is 113 Å². The van der Waals surface area contributed by atoms with E-state index in [-0.39, 0.29) is 16.9 Å². The molecule has 1 aliphatic heterocycles. The lowest BCUT2D eigenvalue weighted by molar-refractivity contribution is -0.133. The number of nitrogens with zero attached hydrogens (tertiary/aromatic N) is 1. The molecule has 4 nitrogen and oxygen atoms in total. The topological polar surface area (TPSA) is 57.6 Å². The predicted octanol–water partition coefficient (Wildman–Crippen LogP) is 2.66. The Hall–Kier alpha value is -1.84. The van der Waals surface area contributed by atoms with E-state index in [1.54, 1.807) is 17.0 Å². The third kappa shape index (κ3) is 3.13. The van der Waals surface area contributed by atoms with Gasteiger partial charge in [-0.25, -0.2) is 4.79 Å². The molecule has 0 unspecified atom stereocenters. The highest BCUT2D eigenvalue weighted by Crippen LogP contribution is 2.27. The van der Waals surface area contributed by atoms with E-state index in [1.807, 2.05) is 26.8 Å². The molecule has 0 aromatic heterocycles. The van der Waals surface area contributed by atoms with E-state index >= 15 is 0 Å². The largest absolute Gasteiger partial charge is 0.478 e. The summed E-state index contributed by atoms with van der Waals surface area (Å²) in [6, 6.07) is 5.07. The van der Waals surface area contributed by atoms with E-state index in [2.05, 4.69) is 0 Å². The fourth-order valence-electron chi connectivity index (χ4n) is 2.27. The van der Waals surface area contributed by atoms with E-state index in [1.165, 1.54) is 0 Å². The van der Waals surface area contributed by atoms with Crippen molar-refractivity contribution in [1.29, 1.82) is 0 Å². The summed E-state index contributed by atoms with van der Waals surface area (Å²) in [6.45, 7) is 7.22. The summed E-state index contributed by atoms with van der Waals surface area (Å²) in [5.41, 5.74) is 2.25. The van der Waals surface area contributed by atoms with Gasteiger partial charge in [0.25, 0.3) is 0 Å². The Bertz CT molecular complexity index is 529. The zero-order valence-corrected chi connectivity index (χ0v) is 11.6. The van der Waals surface area contributed by atoms with Gasteiger partial charge >= 0.3 is 5.97 Å². The van der Waals surface area contributed by atoms with Crippen molar-refractivity contribution in [3.8, 4) is 0 Å². The molecule has 0 saturated carbocycles. The van der Waals surface area contributed by atoms with E-state index in [0.717, 1.165) is 11.1 Å². The maximum absolute atomic E-state index is 12.2. The molecule has 2 rings (SSSR count). The van der Waals surface area contributed by atoms with Crippen LogP contribution in [0.2, 0.25) is 0 Å². The van der Waals surface area contributed by atoms with Crippen LogP contribution >= 0.6 is 0 Å². The third-order valence-electron chi connectivity index (χ3n) is 3.21. The van der Waals surface area contributed by atoms with Crippen molar-refractivity contribution in [3.05, 3.63) is 34.9 Å². The van der Waals surface area contributed by atoms with Crippen LogP contribution in [0.4, 0.5) is 0 Å². The van der Waals surface area contributed by atoms with Gasteiger partial charge in [0, 0.05) is 19.5 Å². The maximum atomic E-state index is 12.2. The summed E-state index contributed by atoms with van der Waals surface area (Å²) in [5.74, 6) is -0.803. The third-order valence-corrected chi connectivity index (χ3v) is 3.21. The van der Waals surface area contributed by atoms with Crippen molar-refractivity contribution < 1.29 is 14.7 Å². The lowest BCUT2D eigenvalue weighted by atomic mass is 9.92. The highest BCUT2D eigenvalue weighted by Gasteiger charge is 2.27. The predicted molar refractivity (Wildman–Crippen MR) is 71.7 cm³/mol. The minimum atomic E-state index is -0.928. The quantitative estimate of drug-likeness (QED) is 0.890. The molecule has 0 spiro atoms. The van der Waals surface area contributed by atoms with E-state index in [9.17, 15) is 9.59 Å². The Morgan fingerprint density at radius 2 is 1.84 bits per heavy atom. The Morgan fingerprint density at radius 1 is 1.21 bits per heavy atom. The number of rotatable bonds is 2. The first kappa shape index (κ1) is 13.6. The minimum absolute atomic E-state index is 0.0297. The van der Waals surface area contributed by atoms with Crippen molar-refractivity contribution in [2.24, 2.45) is 5.41 Å². The van der Waals surface area contributed by atoms with Gasteiger partial charge < -0.3 is 10.0 Å². The van der Waals surface area contributed by atoms with Crippen LogP contribution in [0.15, 0.2) is 18.2 Å². The van der Waals surface area contributed by atoms with Crippen LogP contribution in [0.25, 0.3) is 0 Å². The van der Waals surface area contributed by atoms with Crippen molar-refractivity contribution in [1.82, 2.24) is 4.90 Å². The smallest absolute Gasteiger partial charge is 0.335 e. The first-order valence-corrected chi connectivity index (χ1v) is 6.39. The monoisotopic (exact) mass is 261 g/mol. The standard InChI is InChI=1S/C15H19NO3/c1-15(2,3)7-13(17)16-8-11-5-4-10(14(18)19)6-12(11)9-16/h4-6H,7-9H2,1-3H3,(H,18,19). The van der Waals surface area contributed by atoms with Crippen LogP contribution in [-0.2, 0) is 17.9 Å². The van der Waals surface area contributed by atoms with Gasteiger partial charge in [-0.15, -0.1) is 0 Å². The number of aromatic carboxylic acids is 1. The molecule has 1 aromatic rings. The number of carbonyl (C=O) groups is 2. The molecule has 0 fully saturated rings. The second-order valence-electron chi connectivity index (χ2n) is 6.28. The lowest BCUT2D eigenvalue weighted by Gasteiger charge is -2.22. The first-order valence-electron chi connectivity index (χ1n) is 6.39. The van der Waals surface area contributed by atoms with Gasteiger partial charge in [0.15, 0.2) is 0 Å². The Kier molecular flexibility index (Phi) is 3.35. The molecule has 0 saturated heterocycles. The number of amides is 1. The van der Waals surface area contributed by atoms with Crippen molar-refractivity contribution in [2.75, 3.05) is 0 Å². The average Bonchev–Trinajstić information content (AvgIpc) is 2.68. The minimum Gasteiger partial charge on any atom is -0.478 e. The first-order chi connectivity index (χ1) is 8.76. The summed E-state index contributed by atoms with van der Waals surface area (Å²) in [5, 5.41) is 8.96. The molecule has 0 radical (unpaired) electrons. The number of hydrogen-bond donors (Lipinski definition) is 1. The van der Waals surface area contributed by atoms with Gasteiger partial charge in [0.1, 0.15) is 0 Å². The fourth-order valence-corrected chi connectivity index (χ4v) is 2.27. The Morgan fingerprint density at radius 3 is 2.42 bits per heavy atom. The lowest BCUT2D eigenvalue weighted by Crippen LogP contribution is -2.28. The molecule has 0 aliphatic carbocycles. The second kappa shape index (κ2) is 4.68. The summed E-state index contributed by atoms with van der Waals surface area (Å²) in [4.78, 5) is 24.9. The number of carboxylic acids is 1. The van der Waals surface area contributed by atoms with E-state index in [4.69, 9.17) is 5.11 Å². The number of carbonyl (C=O) groups excluding carboxylic acids is 1.